The highest BCUT2D eigenvalue weighted by molar-refractivity contribution is 7.98. The number of thioether (sulfide) groups is 1. The molecule has 1 aromatic heterocycles. The Morgan fingerprint density at radius 2 is 2.38 bits per heavy atom. The molecule has 0 radical (unpaired) electrons. The van der Waals surface area contributed by atoms with E-state index in [0.717, 1.165) is 36.1 Å². The number of rotatable bonds is 7. The third kappa shape index (κ3) is 4.42. The molecule has 0 aliphatic carbocycles. The number of pyridine rings is 1. The standard InChI is InChI=1S/C18H21ClN2O2S/c1-12(19)10-23-18-14(9-20-15-5-6-22-11-15)7-13-3-4-16(24-2)8-17(13)21-18/h3-4,7-8,15,20H,1,5-6,9-11H2,2H3. The van der Waals surface area contributed by atoms with E-state index in [-0.39, 0.29) is 6.61 Å². The average molecular weight is 365 g/mol. The van der Waals surface area contributed by atoms with Gasteiger partial charge >= 0.3 is 0 Å². The van der Waals surface area contributed by atoms with Gasteiger partial charge in [0, 0.05) is 40.1 Å². The fraction of sp³-hybridized carbons (Fsp3) is 0.389. The molecule has 0 amide bonds. The Bertz CT molecular complexity index is 732. The van der Waals surface area contributed by atoms with Crippen molar-refractivity contribution in [2.24, 2.45) is 0 Å². The molecule has 6 heteroatoms. The van der Waals surface area contributed by atoms with E-state index in [9.17, 15) is 0 Å². The summed E-state index contributed by atoms with van der Waals surface area (Å²) >= 11 is 7.54. The molecule has 1 aromatic carbocycles. The average Bonchev–Trinajstić information content (AvgIpc) is 3.10. The number of benzene rings is 1. The summed E-state index contributed by atoms with van der Waals surface area (Å²) in [5, 5.41) is 5.07. The number of hydrogen-bond acceptors (Lipinski definition) is 5. The lowest BCUT2D eigenvalue weighted by atomic mass is 10.1. The number of fused-ring (bicyclic) bond motifs is 1. The molecule has 1 atom stereocenters. The molecule has 0 saturated carbocycles. The van der Waals surface area contributed by atoms with E-state index in [1.807, 2.05) is 0 Å². The highest BCUT2D eigenvalue weighted by Crippen LogP contribution is 2.26. The van der Waals surface area contributed by atoms with E-state index in [0.29, 0.717) is 23.5 Å². The second kappa shape index (κ2) is 8.21. The summed E-state index contributed by atoms with van der Waals surface area (Å²) in [4.78, 5) is 5.87. The van der Waals surface area contributed by atoms with E-state index in [1.54, 1.807) is 11.8 Å². The van der Waals surface area contributed by atoms with E-state index < -0.39 is 0 Å². The van der Waals surface area contributed by atoms with Crippen molar-refractivity contribution in [3.8, 4) is 5.88 Å². The van der Waals surface area contributed by atoms with Crippen LogP contribution in [0, 0.1) is 0 Å². The fourth-order valence-corrected chi connectivity index (χ4v) is 3.14. The molecule has 2 heterocycles. The van der Waals surface area contributed by atoms with E-state index in [1.165, 1.54) is 4.90 Å². The lowest BCUT2D eigenvalue weighted by Crippen LogP contribution is -2.28. The van der Waals surface area contributed by atoms with Crippen LogP contribution in [0.3, 0.4) is 0 Å². The molecule has 24 heavy (non-hydrogen) atoms. The van der Waals surface area contributed by atoms with Gasteiger partial charge < -0.3 is 14.8 Å². The Balaban J connectivity index is 1.87. The van der Waals surface area contributed by atoms with Crippen LogP contribution in [-0.2, 0) is 11.3 Å². The summed E-state index contributed by atoms with van der Waals surface area (Å²) < 4.78 is 11.2. The summed E-state index contributed by atoms with van der Waals surface area (Å²) in [6, 6.07) is 8.79. The predicted molar refractivity (Wildman–Crippen MR) is 100 cm³/mol. The smallest absolute Gasteiger partial charge is 0.218 e. The van der Waals surface area contributed by atoms with Crippen LogP contribution < -0.4 is 10.1 Å². The van der Waals surface area contributed by atoms with Gasteiger partial charge in [-0.2, -0.15) is 0 Å². The molecule has 1 saturated heterocycles. The number of halogens is 1. The molecule has 4 nitrogen and oxygen atoms in total. The van der Waals surface area contributed by atoms with Crippen LogP contribution in [-0.4, -0.2) is 37.1 Å². The quantitative estimate of drug-likeness (QED) is 0.753. The second-order valence-electron chi connectivity index (χ2n) is 5.76. The molecule has 0 spiro atoms. The Morgan fingerprint density at radius 3 is 3.08 bits per heavy atom. The van der Waals surface area contributed by atoms with Crippen molar-refractivity contribution in [2.45, 2.75) is 23.9 Å². The zero-order chi connectivity index (χ0) is 16.9. The number of hydrogen-bond donors (Lipinski definition) is 1. The molecular formula is C18H21ClN2O2S. The zero-order valence-corrected chi connectivity index (χ0v) is 15.3. The Labute approximate surface area is 151 Å². The third-order valence-electron chi connectivity index (χ3n) is 3.94. The van der Waals surface area contributed by atoms with Crippen molar-refractivity contribution in [3.63, 3.8) is 0 Å². The lowest BCUT2D eigenvalue weighted by molar-refractivity contribution is 0.189. The minimum Gasteiger partial charge on any atom is -0.472 e. The Morgan fingerprint density at radius 1 is 1.50 bits per heavy atom. The van der Waals surface area contributed by atoms with Crippen molar-refractivity contribution in [3.05, 3.63) is 41.4 Å². The first-order valence-electron chi connectivity index (χ1n) is 7.90. The molecule has 1 aliphatic rings. The van der Waals surface area contributed by atoms with Crippen LogP contribution in [0.2, 0.25) is 0 Å². The second-order valence-corrected chi connectivity index (χ2v) is 7.17. The first kappa shape index (κ1) is 17.5. The van der Waals surface area contributed by atoms with Gasteiger partial charge in [0.2, 0.25) is 5.88 Å². The van der Waals surface area contributed by atoms with Gasteiger partial charge in [-0.15, -0.1) is 11.8 Å². The highest BCUT2D eigenvalue weighted by atomic mass is 35.5. The van der Waals surface area contributed by atoms with E-state index in [2.05, 4.69) is 42.4 Å². The van der Waals surface area contributed by atoms with E-state index in [4.69, 9.17) is 26.1 Å². The molecule has 0 bridgehead atoms. The van der Waals surface area contributed by atoms with Crippen LogP contribution in [0.5, 0.6) is 5.88 Å². The van der Waals surface area contributed by atoms with Crippen LogP contribution >= 0.6 is 23.4 Å². The monoisotopic (exact) mass is 364 g/mol. The number of nitrogens with zero attached hydrogens (tertiary/aromatic N) is 1. The highest BCUT2D eigenvalue weighted by Gasteiger charge is 2.16. The molecule has 1 fully saturated rings. The van der Waals surface area contributed by atoms with Crippen molar-refractivity contribution in [2.75, 3.05) is 26.1 Å². The van der Waals surface area contributed by atoms with Gasteiger partial charge in [-0.3, -0.25) is 0 Å². The SMILES string of the molecule is C=C(Cl)COc1nc2cc(SC)ccc2cc1CNC1CCOC1. The van der Waals surface area contributed by atoms with Crippen LogP contribution in [0.25, 0.3) is 10.9 Å². The predicted octanol–water partition coefficient (Wildman–Crippen LogP) is 3.97. The first-order chi connectivity index (χ1) is 11.7. The van der Waals surface area contributed by atoms with Gasteiger partial charge in [0.15, 0.2) is 0 Å². The summed E-state index contributed by atoms with van der Waals surface area (Å²) in [7, 11) is 0. The lowest BCUT2D eigenvalue weighted by Gasteiger charge is -2.15. The molecule has 3 rings (SSSR count). The number of ether oxygens (including phenoxy) is 2. The van der Waals surface area contributed by atoms with Gasteiger partial charge in [0.05, 0.1) is 12.1 Å². The van der Waals surface area contributed by atoms with Gasteiger partial charge in [0.1, 0.15) is 6.61 Å². The summed E-state index contributed by atoms with van der Waals surface area (Å²) in [5.41, 5.74) is 1.94. The van der Waals surface area contributed by atoms with Gasteiger partial charge in [-0.1, -0.05) is 24.2 Å². The topological polar surface area (TPSA) is 43.4 Å². The van der Waals surface area contributed by atoms with Crippen molar-refractivity contribution in [1.82, 2.24) is 10.3 Å². The molecular weight excluding hydrogens is 344 g/mol. The van der Waals surface area contributed by atoms with Crippen molar-refractivity contribution < 1.29 is 9.47 Å². The summed E-state index contributed by atoms with van der Waals surface area (Å²) in [6.45, 7) is 6.19. The third-order valence-corrected chi connectivity index (χ3v) is 4.77. The number of nitrogens with one attached hydrogen (secondary N) is 1. The van der Waals surface area contributed by atoms with Crippen molar-refractivity contribution >= 4 is 34.3 Å². The van der Waals surface area contributed by atoms with Crippen LogP contribution in [0.4, 0.5) is 0 Å². The van der Waals surface area contributed by atoms with Crippen LogP contribution in [0.15, 0.2) is 40.8 Å². The Kier molecular flexibility index (Phi) is 6.00. The minimum atomic E-state index is 0.252. The van der Waals surface area contributed by atoms with Gasteiger partial charge in [-0.05, 0) is 30.9 Å². The molecule has 2 aromatic rings. The molecule has 1 N–H and O–H groups in total. The molecule has 128 valence electrons. The largest absolute Gasteiger partial charge is 0.472 e. The minimum absolute atomic E-state index is 0.252. The summed E-state index contributed by atoms with van der Waals surface area (Å²) in [6.07, 6.45) is 3.09. The van der Waals surface area contributed by atoms with Crippen molar-refractivity contribution in [1.29, 1.82) is 0 Å². The molecule has 1 unspecified atom stereocenters. The fourth-order valence-electron chi connectivity index (χ4n) is 2.65. The van der Waals surface area contributed by atoms with Gasteiger partial charge in [-0.25, -0.2) is 4.98 Å². The normalized spacial score (nSPS) is 17.3. The molecule has 1 aliphatic heterocycles. The Hall–Kier alpha value is -1.27. The van der Waals surface area contributed by atoms with Crippen LogP contribution in [0.1, 0.15) is 12.0 Å². The van der Waals surface area contributed by atoms with Gasteiger partial charge in [0.25, 0.3) is 0 Å². The number of aromatic nitrogens is 1. The maximum atomic E-state index is 5.84. The zero-order valence-electron chi connectivity index (χ0n) is 13.7. The summed E-state index contributed by atoms with van der Waals surface area (Å²) in [5.74, 6) is 0.606. The van der Waals surface area contributed by atoms with E-state index >= 15 is 0 Å². The maximum Gasteiger partial charge on any atom is 0.218 e. The maximum absolute atomic E-state index is 5.84. The first-order valence-corrected chi connectivity index (χ1v) is 9.51.